The lowest BCUT2D eigenvalue weighted by Gasteiger charge is -2.33. The molecule has 2 heterocycles. The Labute approximate surface area is 250 Å². The van der Waals surface area contributed by atoms with E-state index in [-0.39, 0.29) is 24.6 Å². The van der Waals surface area contributed by atoms with Gasteiger partial charge in [0.15, 0.2) is 17.1 Å². The smallest absolute Gasteiger partial charge is 0.421 e. The molecule has 2 aromatic rings. The average molecular weight is 607 g/mol. The fourth-order valence-electron chi connectivity index (χ4n) is 5.90. The van der Waals surface area contributed by atoms with Crippen molar-refractivity contribution in [3.05, 3.63) is 52.6 Å². The zero-order chi connectivity index (χ0) is 31.6. The van der Waals surface area contributed by atoms with E-state index in [1.54, 1.807) is 25.2 Å². The summed E-state index contributed by atoms with van der Waals surface area (Å²) in [6.07, 6.45) is -1.88. The highest BCUT2D eigenvalue weighted by Crippen LogP contribution is 2.44. The van der Waals surface area contributed by atoms with Gasteiger partial charge >= 0.3 is 12.2 Å². The largest absolute Gasteiger partial charge is 0.493 e. The number of halogens is 3. The van der Waals surface area contributed by atoms with Crippen LogP contribution in [0.1, 0.15) is 75.6 Å². The van der Waals surface area contributed by atoms with Gasteiger partial charge in [-0.1, -0.05) is 39.7 Å². The zero-order valence-electron chi connectivity index (χ0n) is 25.5. The van der Waals surface area contributed by atoms with Crippen molar-refractivity contribution in [1.29, 1.82) is 0 Å². The summed E-state index contributed by atoms with van der Waals surface area (Å²) >= 11 is 0. The number of carbonyl (C=O) groups is 2. The lowest BCUT2D eigenvalue weighted by molar-refractivity contribution is -0.258. The SMILES string of the molecule is CCCc1cc(C(C)(O)C(F)(F)F)cc(CCC)c1OCCCN1C(=O)N(C)C(CC)(c2ccc3c(c2)OCCO3)C1=O. The molecule has 43 heavy (non-hydrogen) atoms. The number of aryl methyl sites for hydroxylation is 2. The fraction of sp³-hybridized carbons (Fsp3) is 0.562. The van der Waals surface area contributed by atoms with Crippen LogP contribution < -0.4 is 14.2 Å². The molecule has 1 saturated heterocycles. The van der Waals surface area contributed by atoms with Crippen molar-refractivity contribution in [2.45, 2.75) is 83.5 Å². The van der Waals surface area contributed by atoms with Crippen LogP contribution in [0.15, 0.2) is 30.3 Å². The molecule has 0 bridgehead atoms. The van der Waals surface area contributed by atoms with Crippen molar-refractivity contribution in [2.75, 3.05) is 33.4 Å². The molecule has 2 aliphatic rings. The van der Waals surface area contributed by atoms with Crippen LogP contribution in [0.5, 0.6) is 17.2 Å². The predicted octanol–water partition coefficient (Wildman–Crippen LogP) is 6.10. The minimum Gasteiger partial charge on any atom is -0.493 e. The summed E-state index contributed by atoms with van der Waals surface area (Å²) in [5.74, 6) is 1.29. The van der Waals surface area contributed by atoms with Gasteiger partial charge in [-0.25, -0.2) is 4.79 Å². The Morgan fingerprint density at radius 3 is 2.14 bits per heavy atom. The first-order valence-electron chi connectivity index (χ1n) is 14.9. The van der Waals surface area contributed by atoms with Crippen LogP contribution in [0.25, 0.3) is 0 Å². The first-order valence-corrected chi connectivity index (χ1v) is 14.9. The number of imide groups is 1. The second-order valence-electron chi connectivity index (χ2n) is 11.3. The number of fused-ring (bicyclic) bond motifs is 1. The van der Waals surface area contributed by atoms with Crippen molar-refractivity contribution >= 4 is 11.9 Å². The number of benzene rings is 2. The first-order chi connectivity index (χ1) is 20.3. The molecular weight excluding hydrogens is 565 g/mol. The number of carbonyl (C=O) groups excluding carboxylic acids is 2. The van der Waals surface area contributed by atoms with Crippen LogP contribution in [0.4, 0.5) is 18.0 Å². The molecule has 0 saturated carbocycles. The van der Waals surface area contributed by atoms with E-state index in [9.17, 15) is 27.9 Å². The summed E-state index contributed by atoms with van der Waals surface area (Å²) in [5, 5.41) is 10.4. The molecule has 2 aromatic carbocycles. The number of likely N-dealkylation sites (N-methyl/N-ethyl adjacent to an activating group) is 1. The van der Waals surface area contributed by atoms with Crippen LogP contribution >= 0.6 is 0 Å². The van der Waals surface area contributed by atoms with E-state index in [1.807, 2.05) is 20.8 Å². The van der Waals surface area contributed by atoms with Gasteiger partial charge in [-0.2, -0.15) is 13.2 Å². The molecule has 8 nitrogen and oxygen atoms in total. The molecule has 4 rings (SSSR count). The molecule has 236 valence electrons. The summed E-state index contributed by atoms with van der Waals surface area (Å²) in [5.41, 5.74) is -2.59. The maximum Gasteiger partial charge on any atom is 0.421 e. The number of hydrogen-bond donors (Lipinski definition) is 1. The number of rotatable bonds is 12. The Morgan fingerprint density at radius 2 is 1.58 bits per heavy atom. The van der Waals surface area contributed by atoms with Crippen LogP contribution in [-0.4, -0.2) is 66.4 Å². The van der Waals surface area contributed by atoms with Crippen LogP contribution in [-0.2, 0) is 28.8 Å². The molecule has 1 N–H and O–H groups in total. The minimum atomic E-state index is -4.84. The van der Waals surface area contributed by atoms with Gasteiger partial charge < -0.3 is 24.2 Å². The highest BCUT2D eigenvalue weighted by atomic mass is 19.4. The molecule has 2 unspecified atom stereocenters. The second-order valence-corrected chi connectivity index (χ2v) is 11.3. The van der Waals surface area contributed by atoms with E-state index >= 15 is 0 Å². The Balaban J connectivity index is 1.52. The topological polar surface area (TPSA) is 88.5 Å². The van der Waals surface area contributed by atoms with Crippen molar-refractivity contribution in [3.63, 3.8) is 0 Å². The number of alkyl halides is 3. The monoisotopic (exact) mass is 606 g/mol. The Bertz CT molecular complexity index is 1320. The van der Waals surface area contributed by atoms with Crippen LogP contribution in [0.3, 0.4) is 0 Å². The Morgan fingerprint density at radius 1 is 0.977 bits per heavy atom. The van der Waals surface area contributed by atoms with Gasteiger partial charge in [0.05, 0.1) is 6.61 Å². The maximum atomic E-state index is 13.8. The van der Waals surface area contributed by atoms with E-state index < -0.39 is 23.3 Å². The lowest BCUT2D eigenvalue weighted by atomic mass is 9.85. The quantitative estimate of drug-likeness (QED) is 0.232. The summed E-state index contributed by atoms with van der Waals surface area (Å²) in [6, 6.07) is 7.63. The lowest BCUT2D eigenvalue weighted by Crippen LogP contribution is -2.44. The van der Waals surface area contributed by atoms with Gasteiger partial charge in [-0.15, -0.1) is 0 Å². The zero-order valence-corrected chi connectivity index (χ0v) is 25.5. The molecule has 2 atom stereocenters. The van der Waals surface area contributed by atoms with Gasteiger partial charge in [-0.05, 0) is 79.1 Å². The number of nitrogens with zero attached hydrogens (tertiary/aromatic N) is 2. The molecule has 0 aromatic heterocycles. The first kappa shape index (κ1) is 32.4. The normalized spacial score (nSPS) is 20.0. The number of hydrogen-bond acceptors (Lipinski definition) is 6. The van der Waals surface area contributed by atoms with E-state index in [1.165, 1.54) is 21.9 Å². The van der Waals surface area contributed by atoms with Crippen LogP contribution in [0.2, 0.25) is 0 Å². The Kier molecular flexibility index (Phi) is 9.54. The van der Waals surface area contributed by atoms with Gasteiger partial charge in [0.25, 0.3) is 5.91 Å². The number of urea groups is 1. The minimum absolute atomic E-state index is 0.112. The van der Waals surface area contributed by atoms with E-state index in [2.05, 4.69) is 0 Å². The van der Waals surface area contributed by atoms with Crippen molar-refractivity contribution in [2.24, 2.45) is 0 Å². The number of amides is 3. The van der Waals surface area contributed by atoms with Gasteiger partial charge in [0.1, 0.15) is 24.5 Å². The predicted molar refractivity (Wildman–Crippen MR) is 154 cm³/mol. The van der Waals surface area contributed by atoms with E-state index in [4.69, 9.17) is 14.2 Å². The van der Waals surface area contributed by atoms with Gasteiger partial charge in [0.2, 0.25) is 0 Å². The Hall–Kier alpha value is -3.47. The fourth-order valence-corrected chi connectivity index (χ4v) is 5.90. The maximum absolute atomic E-state index is 13.8. The van der Waals surface area contributed by atoms with Gasteiger partial charge in [0, 0.05) is 13.6 Å². The molecule has 0 aliphatic carbocycles. The third kappa shape index (κ3) is 5.88. The second kappa shape index (κ2) is 12.6. The highest BCUT2D eigenvalue weighted by molar-refractivity contribution is 6.07. The van der Waals surface area contributed by atoms with E-state index in [0.29, 0.717) is 85.7 Å². The standard InChI is InChI=1S/C32H41F3N2O6/c1-6-10-21-18-24(30(4,40)32(33,34)35)19-22(11-7-2)27(21)43-15-9-14-37-28(38)31(8-3,36(5)29(37)39)23-12-13-25-26(20-23)42-17-16-41-25/h12-13,18-20,40H,6-11,14-17H2,1-5H3. The van der Waals surface area contributed by atoms with Crippen LogP contribution in [0, 0.1) is 0 Å². The van der Waals surface area contributed by atoms with E-state index in [0.717, 1.165) is 6.92 Å². The van der Waals surface area contributed by atoms with Crippen molar-refractivity contribution in [3.8, 4) is 17.2 Å². The number of aliphatic hydroxyl groups is 1. The number of ether oxygens (including phenoxy) is 3. The molecular formula is C32H41F3N2O6. The highest BCUT2D eigenvalue weighted by Gasteiger charge is 2.56. The average Bonchev–Trinajstić information content (AvgIpc) is 3.15. The summed E-state index contributed by atoms with van der Waals surface area (Å²) in [4.78, 5) is 29.9. The van der Waals surface area contributed by atoms with Crippen molar-refractivity contribution < 1.29 is 42.1 Å². The van der Waals surface area contributed by atoms with Gasteiger partial charge in [-0.3, -0.25) is 9.69 Å². The molecule has 1 fully saturated rings. The summed E-state index contributed by atoms with van der Waals surface area (Å²) in [7, 11) is 1.61. The molecule has 0 spiro atoms. The third-order valence-electron chi connectivity index (χ3n) is 8.39. The van der Waals surface area contributed by atoms with Crippen molar-refractivity contribution in [1.82, 2.24) is 9.80 Å². The molecule has 11 heteroatoms. The molecule has 3 amide bonds. The summed E-state index contributed by atoms with van der Waals surface area (Å²) in [6.45, 7) is 7.55. The molecule has 0 radical (unpaired) electrons. The third-order valence-corrected chi connectivity index (χ3v) is 8.39. The molecule has 2 aliphatic heterocycles. The summed E-state index contributed by atoms with van der Waals surface area (Å²) < 4.78 is 58.4.